The number of hydrogen-bond donors (Lipinski definition) is 1. The monoisotopic (exact) mass is 326 g/mol. The van der Waals surface area contributed by atoms with Gasteiger partial charge in [-0.25, -0.2) is 0 Å². The summed E-state index contributed by atoms with van der Waals surface area (Å²) in [6.45, 7) is 10.9. The summed E-state index contributed by atoms with van der Waals surface area (Å²) in [4.78, 5) is 2.45. The van der Waals surface area contributed by atoms with Crippen molar-refractivity contribution in [2.75, 3.05) is 18.0 Å². The molecular formula is C16H27BrN2. The van der Waals surface area contributed by atoms with Gasteiger partial charge in [-0.3, -0.25) is 0 Å². The van der Waals surface area contributed by atoms with E-state index in [2.05, 4.69) is 59.8 Å². The second kappa shape index (κ2) is 7.91. The van der Waals surface area contributed by atoms with Gasteiger partial charge in [-0.05, 0) is 53.4 Å². The van der Waals surface area contributed by atoms with Crippen LogP contribution in [0.25, 0.3) is 0 Å². The molecule has 0 saturated carbocycles. The zero-order chi connectivity index (χ0) is 14.4. The quantitative estimate of drug-likeness (QED) is 0.784. The number of nitrogens with two attached hydrogens (primary N) is 1. The Kier molecular flexibility index (Phi) is 6.87. The maximum absolute atomic E-state index is 5.93. The SMILES string of the molecule is CCC(CC)CN(CC)c1ccc([C@H](C)N)cc1Br. The third-order valence-corrected chi connectivity index (χ3v) is 4.49. The minimum atomic E-state index is 0.0828. The van der Waals surface area contributed by atoms with Gasteiger partial charge >= 0.3 is 0 Å². The van der Waals surface area contributed by atoms with Crippen LogP contribution in [0.4, 0.5) is 5.69 Å². The molecule has 19 heavy (non-hydrogen) atoms. The first-order valence-corrected chi connectivity index (χ1v) is 8.12. The predicted molar refractivity (Wildman–Crippen MR) is 88.7 cm³/mol. The number of halogens is 1. The third kappa shape index (κ3) is 4.50. The van der Waals surface area contributed by atoms with Crippen molar-refractivity contribution in [1.82, 2.24) is 0 Å². The topological polar surface area (TPSA) is 29.3 Å². The van der Waals surface area contributed by atoms with Crippen molar-refractivity contribution >= 4 is 21.6 Å². The van der Waals surface area contributed by atoms with Gasteiger partial charge in [-0.15, -0.1) is 0 Å². The predicted octanol–water partition coefficient (Wildman–Crippen LogP) is 4.73. The van der Waals surface area contributed by atoms with E-state index >= 15 is 0 Å². The Morgan fingerprint density at radius 1 is 1.21 bits per heavy atom. The normalized spacial score (nSPS) is 12.8. The summed E-state index contributed by atoms with van der Waals surface area (Å²) in [6.07, 6.45) is 2.48. The van der Waals surface area contributed by atoms with E-state index in [0.29, 0.717) is 0 Å². The van der Waals surface area contributed by atoms with E-state index in [1.165, 1.54) is 24.1 Å². The fourth-order valence-electron chi connectivity index (χ4n) is 2.32. The molecule has 0 fully saturated rings. The molecule has 0 aliphatic heterocycles. The summed E-state index contributed by atoms with van der Waals surface area (Å²) < 4.78 is 1.15. The Morgan fingerprint density at radius 3 is 2.26 bits per heavy atom. The van der Waals surface area contributed by atoms with Crippen LogP contribution in [0.3, 0.4) is 0 Å². The van der Waals surface area contributed by atoms with Gasteiger partial charge in [0.2, 0.25) is 0 Å². The van der Waals surface area contributed by atoms with Crippen LogP contribution in [-0.4, -0.2) is 13.1 Å². The number of anilines is 1. The van der Waals surface area contributed by atoms with Crippen LogP contribution in [0, 0.1) is 5.92 Å². The lowest BCUT2D eigenvalue weighted by atomic mass is 10.0. The largest absolute Gasteiger partial charge is 0.371 e. The Balaban J connectivity index is 2.92. The molecule has 0 aromatic heterocycles. The molecule has 0 amide bonds. The standard InChI is InChI=1S/C16H27BrN2/c1-5-13(6-2)11-19(7-3)16-9-8-14(12(4)18)10-15(16)17/h8-10,12-13H,5-7,11,18H2,1-4H3/t12-/m0/s1. The minimum absolute atomic E-state index is 0.0828. The van der Waals surface area contributed by atoms with Crippen molar-refractivity contribution in [1.29, 1.82) is 0 Å². The number of benzene rings is 1. The maximum atomic E-state index is 5.93. The average Bonchev–Trinajstić information content (AvgIpc) is 2.41. The molecule has 0 spiro atoms. The summed E-state index contributed by atoms with van der Waals surface area (Å²) in [7, 11) is 0. The van der Waals surface area contributed by atoms with E-state index in [9.17, 15) is 0 Å². The van der Waals surface area contributed by atoms with E-state index in [4.69, 9.17) is 5.73 Å². The van der Waals surface area contributed by atoms with Gasteiger partial charge < -0.3 is 10.6 Å². The Hall–Kier alpha value is -0.540. The van der Waals surface area contributed by atoms with Crippen LogP contribution >= 0.6 is 15.9 Å². The van der Waals surface area contributed by atoms with Gasteiger partial charge in [0.25, 0.3) is 0 Å². The van der Waals surface area contributed by atoms with E-state index in [1.54, 1.807) is 0 Å². The Bertz CT molecular complexity index is 386. The van der Waals surface area contributed by atoms with Crippen LogP contribution in [-0.2, 0) is 0 Å². The molecule has 2 N–H and O–H groups in total. The number of hydrogen-bond acceptors (Lipinski definition) is 2. The van der Waals surface area contributed by atoms with Crippen LogP contribution in [0.5, 0.6) is 0 Å². The fourth-order valence-corrected chi connectivity index (χ4v) is 2.97. The van der Waals surface area contributed by atoms with E-state index in [0.717, 1.165) is 23.5 Å². The lowest BCUT2D eigenvalue weighted by molar-refractivity contribution is 0.486. The van der Waals surface area contributed by atoms with E-state index in [-0.39, 0.29) is 6.04 Å². The summed E-state index contributed by atoms with van der Waals surface area (Å²) in [5, 5.41) is 0. The second-order valence-electron chi connectivity index (χ2n) is 5.22. The molecule has 2 nitrogen and oxygen atoms in total. The van der Waals surface area contributed by atoms with Gasteiger partial charge in [0.1, 0.15) is 0 Å². The maximum Gasteiger partial charge on any atom is 0.0510 e. The second-order valence-corrected chi connectivity index (χ2v) is 6.08. The van der Waals surface area contributed by atoms with Crippen LogP contribution < -0.4 is 10.6 Å². The highest BCUT2D eigenvalue weighted by Gasteiger charge is 2.14. The van der Waals surface area contributed by atoms with Crippen molar-refractivity contribution in [3.63, 3.8) is 0 Å². The smallest absolute Gasteiger partial charge is 0.0510 e. The molecule has 1 atom stereocenters. The van der Waals surface area contributed by atoms with Gasteiger partial charge in [-0.1, -0.05) is 32.8 Å². The van der Waals surface area contributed by atoms with E-state index < -0.39 is 0 Å². The van der Waals surface area contributed by atoms with Crippen molar-refractivity contribution in [3.8, 4) is 0 Å². The first-order chi connectivity index (χ1) is 9.03. The van der Waals surface area contributed by atoms with Crippen molar-refractivity contribution < 1.29 is 0 Å². The molecule has 0 saturated heterocycles. The zero-order valence-electron chi connectivity index (χ0n) is 12.6. The molecule has 1 rings (SSSR count). The first kappa shape index (κ1) is 16.5. The van der Waals surface area contributed by atoms with Crippen LogP contribution in [0.15, 0.2) is 22.7 Å². The third-order valence-electron chi connectivity index (χ3n) is 3.85. The molecule has 3 heteroatoms. The van der Waals surface area contributed by atoms with Crippen LogP contribution in [0.2, 0.25) is 0 Å². The molecule has 0 aliphatic rings. The molecule has 0 bridgehead atoms. The molecule has 108 valence electrons. The highest BCUT2D eigenvalue weighted by molar-refractivity contribution is 9.10. The van der Waals surface area contributed by atoms with Crippen molar-refractivity contribution in [2.45, 2.75) is 46.6 Å². The molecule has 1 aromatic carbocycles. The lowest BCUT2D eigenvalue weighted by Gasteiger charge is -2.28. The molecule has 0 radical (unpaired) electrons. The molecule has 1 aromatic rings. The molecule has 0 unspecified atom stereocenters. The van der Waals surface area contributed by atoms with Crippen molar-refractivity contribution in [3.05, 3.63) is 28.2 Å². The van der Waals surface area contributed by atoms with E-state index in [1.807, 2.05) is 6.92 Å². The van der Waals surface area contributed by atoms with Crippen molar-refractivity contribution in [2.24, 2.45) is 11.7 Å². The summed E-state index contributed by atoms with van der Waals surface area (Å²) in [6, 6.07) is 6.56. The van der Waals surface area contributed by atoms with Gasteiger partial charge in [0.15, 0.2) is 0 Å². The van der Waals surface area contributed by atoms with Gasteiger partial charge in [-0.2, -0.15) is 0 Å². The molecular weight excluding hydrogens is 300 g/mol. The summed E-state index contributed by atoms with van der Waals surface area (Å²) >= 11 is 3.69. The molecule has 0 aliphatic carbocycles. The first-order valence-electron chi connectivity index (χ1n) is 7.33. The molecule has 0 heterocycles. The number of rotatable bonds is 7. The average molecular weight is 327 g/mol. The zero-order valence-corrected chi connectivity index (χ0v) is 14.2. The van der Waals surface area contributed by atoms with Gasteiger partial charge in [0.05, 0.1) is 5.69 Å². The minimum Gasteiger partial charge on any atom is -0.371 e. The Labute approximate surface area is 126 Å². The summed E-state index contributed by atoms with van der Waals surface area (Å²) in [5.74, 6) is 0.764. The lowest BCUT2D eigenvalue weighted by Crippen LogP contribution is -2.29. The van der Waals surface area contributed by atoms with Crippen LogP contribution in [0.1, 0.15) is 52.1 Å². The number of nitrogens with zero attached hydrogens (tertiary/aromatic N) is 1. The highest BCUT2D eigenvalue weighted by atomic mass is 79.9. The Morgan fingerprint density at radius 2 is 1.84 bits per heavy atom. The fraction of sp³-hybridized carbons (Fsp3) is 0.625. The van der Waals surface area contributed by atoms with Gasteiger partial charge in [0, 0.05) is 23.6 Å². The summed E-state index contributed by atoms with van der Waals surface area (Å²) in [5.41, 5.74) is 8.38. The highest BCUT2D eigenvalue weighted by Crippen LogP contribution is 2.30.